The van der Waals surface area contributed by atoms with E-state index in [0.29, 0.717) is 19.3 Å². The van der Waals surface area contributed by atoms with Crippen molar-refractivity contribution >= 4 is 17.9 Å². The predicted octanol–water partition coefficient (Wildman–Crippen LogP) is 16.9. The van der Waals surface area contributed by atoms with Crippen LogP contribution in [-0.2, 0) is 28.6 Å². The van der Waals surface area contributed by atoms with Crippen molar-refractivity contribution in [2.75, 3.05) is 13.2 Å². The highest BCUT2D eigenvalue weighted by Gasteiger charge is 2.19. The summed E-state index contributed by atoms with van der Waals surface area (Å²) in [5.74, 6) is 0.860. The number of hydrogen-bond donors (Lipinski definition) is 0. The Morgan fingerprint density at radius 2 is 0.644 bits per heavy atom. The van der Waals surface area contributed by atoms with Crippen LogP contribution >= 0.6 is 0 Å². The zero-order valence-corrected chi connectivity index (χ0v) is 40.4. The summed E-state index contributed by atoms with van der Waals surface area (Å²) in [6.07, 6.45) is 46.5. The van der Waals surface area contributed by atoms with Crippen LogP contribution in [0.3, 0.4) is 0 Å². The van der Waals surface area contributed by atoms with Gasteiger partial charge in [-0.15, -0.1) is 0 Å². The van der Waals surface area contributed by atoms with Crippen LogP contribution in [0.2, 0.25) is 0 Å². The molecule has 0 heterocycles. The summed E-state index contributed by atoms with van der Waals surface area (Å²) < 4.78 is 16.8. The Balaban J connectivity index is 4.30. The molecule has 1 unspecified atom stereocenters. The molecule has 0 aromatic rings. The van der Waals surface area contributed by atoms with Gasteiger partial charge in [0.15, 0.2) is 6.10 Å². The topological polar surface area (TPSA) is 78.9 Å². The Kier molecular flexibility index (Phi) is 44.7. The van der Waals surface area contributed by atoms with Gasteiger partial charge in [-0.25, -0.2) is 0 Å². The number of carbonyl (C=O) groups is 3. The molecular formula is C53H102O6. The van der Waals surface area contributed by atoms with Gasteiger partial charge in [-0.3, -0.25) is 14.4 Å². The highest BCUT2D eigenvalue weighted by molar-refractivity contribution is 5.71. The van der Waals surface area contributed by atoms with Crippen LogP contribution in [0, 0.1) is 11.8 Å². The lowest BCUT2D eigenvalue weighted by atomic mass is 9.99. The number of hydrogen-bond acceptors (Lipinski definition) is 6. The van der Waals surface area contributed by atoms with Gasteiger partial charge in [-0.1, -0.05) is 253 Å². The van der Waals surface area contributed by atoms with Gasteiger partial charge in [0, 0.05) is 19.3 Å². The third kappa shape index (κ3) is 45.8. The minimum absolute atomic E-state index is 0.0636. The van der Waals surface area contributed by atoms with Crippen molar-refractivity contribution in [2.45, 2.75) is 298 Å². The molecule has 0 aromatic heterocycles. The summed E-state index contributed by atoms with van der Waals surface area (Å²) in [5, 5.41) is 0. The molecule has 6 nitrogen and oxygen atoms in total. The lowest BCUT2D eigenvalue weighted by Gasteiger charge is -2.18. The molecule has 0 aliphatic carbocycles. The van der Waals surface area contributed by atoms with Crippen LogP contribution in [0.5, 0.6) is 0 Å². The van der Waals surface area contributed by atoms with Gasteiger partial charge in [0.1, 0.15) is 13.2 Å². The second-order valence-electron chi connectivity index (χ2n) is 18.9. The van der Waals surface area contributed by atoms with E-state index in [1.807, 2.05) is 0 Å². The van der Waals surface area contributed by atoms with Gasteiger partial charge in [0.25, 0.3) is 0 Å². The standard InChI is InChI=1S/C53H102O6/c1-6-8-9-10-11-12-16-23-28-33-38-43-51(54)57-46-50(59-53(56)45-40-35-30-25-20-19-22-27-32-37-42-49(5)7-2)47-58-52(55)44-39-34-29-24-18-15-13-14-17-21-26-31-36-41-48(3)4/h48-50H,6-47H2,1-5H3/t49?,50-/m1/s1. The van der Waals surface area contributed by atoms with Crippen molar-refractivity contribution in [2.24, 2.45) is 11.8 Å². The summed E-state index contributed by atoms with van der Waals surface area (Å²) in [5.41, 5.74) is 0. The number of carbonyl (C=O) groups excluding carboxylic acids is 3. The lowest BCUT2D eigenvalue weighted by molar-refractivity contribution is -0.167. The minimum atomic E-state index is -0.761. The predicted molar refractivity (Wildman–Crippen MR) is 252 cm³/mol. The van der Waals surface area contributed by atoms with Gasteiger partial charge < -0.3 is 14.2 Å². The molecule has 0 saturated carbocycles. The van der Waals surface area contributed by atoms with E-state index in [1.165, 1.54) is 180 Å². The van der Waals surface area contributed by atoms with Gasteiger partial charge in [0.05, 0.1) is 0 Å². The van der Waals surface area contributed by atoms with Crippen molar-refractivity contribution in [1.82, 2.24) is 0 Å². The highest BCUT2D eigenvalue weighted by Crippen LogP contribution is 2.18. The number of esters is 3. The van der Waals surface area contributed by atoms with E-state index in [4.69, 9.17) is 14.2 Å². The molecule has 0 saturated heterocycles. The van der Waals surface area contributed by atoms with Crippen LogP contribution in [0.15, 0.2) is 0 Å². The van der Waals surface area contributed by atoms with Gasteiger partial charge in [-0.2, -0.15) is 0 Å². The normalized spacial score (nSPS) is 12.5. The zero-order valence-electron chi connectivity index (χ0n) is 40.4. The maximum absolute atomic E-state index is 12.8. The summed E-state index contributed by atoms with van der Waals surface area (Å²) in [6.45, 7) is 11.4. The summed E-state index contributed by atoms with van der Waals surface area (Å²) in [4.78, 5) is 37.9. The molecule has 6 heteroatoms. The van der Waals surface area contributed by atoms with E-state index in [0.717, 1.165) is 69.6 Å². The summed E-state index contributed by atoms with van der Waals surface area (Å²) >= 11 is 0. The van der Waals surface area contributed by atoms with Crippen LogP contribution in [0.1, 0.15) is 291 Å². The second kappa shape index (κ2) is 45.9. The molecular weight excluding hydrogens is 733 g/mol. The fraction of sp³-hybridized carbons (Fsp3) is 0.943. The molecule has 2 atom stereocenters. The van der Waals surface area contributed by atoms with E-state index in [9.17, 15) is 14.4 Å². The molecule has 0 spiro atoms. The first-order valence-electron chi connectivity index (χ1n) is 26.3. The quantitative estimate of drug-likeness (QED) is 0.0345. The average molecular weight is 835 g/mol. The fourth-order valence-corrected chi connectivity index (χ4v) is 7.96. The number of rotatable bonds is 47. The number of unbranched alkanes of at least 4 members (excludes halogenated alkanes) is 31. The Morgan fingerprint density at radius 1 is 0.356 bits per heavy atom. The van der Waals surface area contributed by atoms with E-state index in [-0.39, 0.29) is 31.1 Å². The largest absolute Gasteiger partial charge is 0.462 e. The zero-order chi connectivity index (χ0) is 43.3. The lowest BCUT2D eigenvalue weighted by Crippen LogP contribution is -2.30. The molecule has 350 valence electrons. The maximum Gasteiger partial charge on any atom is 0.306 e. The summed E-state index contributed by atoms with van der Waals surface area (Å²) in [6, 6.07) is 0. The maximum atomic E-state index is 12.8. The molecule has 0 radical (unpaired) electrons. The molecule has 0 aromatic carbocycles. The smallest absolute Gasteiger partial charge is 0.306 e. The Bertz CT molecular complexity index is 902. The van der Waals surface area contributed by atoms with E-state index >= 15 is 0 Å². The van der Waals surface area contributed by atoms with Gasteiger partial charge in [-0.05, 0) is 31.1 Å². The first kappa shape index (κ1) is 57.4. The third-order valence-electron chi connectivity index (χ3n) is 12.3. The van der Waals surface area contributed by atoms with E-state index < -0.39 is 6.10 Å². The van der Waals surface area contributed by atoms with Crippen molar-refractivity contribution in [1.29, 1.82) is 0 Å². The van der Waals surface area contributed by atoms with Crippen LogP contribution in [0.25, 0.3) is 0 Å². The molecule has 0 N–H and O–H groups in total. The van der Waals surface area contributed by atoms with E-state index in [2.05, 4.69) is 34.6 Å². The van der Waals surface area contributed by atoms with Crippen LogP contribution < -0.4 is 0 Å². The van der Waals surface area contributed by atoms with E-state index in [1.54, 1.807) is 0 Å². The molecule has 0 aliphatic rings. The minimum Gasteiger partial charge on any atom is -0.462 e. The van der Waals surface area contributed by atoms with Crippen molar-refractivity contribution in [3.63, 3.8) is 0 Å². The van der Waals surface area contributed by atoms with Crippen molar-refractivity contribution < 1.29 is 28.6 Å². The molecule has 0 amide bonds. The molecule has 0 aliphatic heterocycles. The van der Waals surface area contributed by atoms with Gasteiger partial charge >= 0.3 is 17.9 Å². The average Bonchev–Trinajstić information content (AvgIpc) is 3.22. The first-order valence-corrected chi connectivity index (χ1v) is 26.3. The summed E-state index contributed by atoms with van der Waals surface area (Å²) in [7, 11) is 0. The SMILES string of the molecule is CCCCCCCCCCCCCC(=O)OC[C@H](COC(=O)CCCCCCCCCCCCCCCC(C)C)OC(=O)CCCCCCCCCCCCC(C)CC. The Labute approximate surface area is 368 Å². The van der Waals surface area contributed by atoms with Crippen molar-refractivity contribution in [3.05, 3.63) is 0 Å². The third-order valence-corrected chi connectivity index (χ3v) is 12.3. The molecule has 59 heavy (non-hydrogen) atoms. The Hall–Kier alpha value is -1.59. The molecule has 0 fully saturated rings. The highest BCUT2D eigenvalue weighted by atomic mass is 16.6. The number of ether oxygens (including phenoxy) is 3. The molecule has 0 rings (SSSR count). The second-order valence-corrected chi connectivity index (χ2v) is 18.9. The van der Waals surface area contributed by atoms with Gasteiger partial charge in [0.2, 0.25) is 0 Å². The molecule has 0 bridgehead atoms. The first-order chi connectivity index (χ1) is 28.8. The fourth-order valence-electron chi connectivity index (χ4n) is 7.96. The Morgan fingerprint density at radius 3 is 0.966 bits per heavy atom. The monoisotopic (exact) mass is 835 g/mol. The van der Waals surface area contributed by atoms with Crippen LogP contribution in [-0.4, -0.2) is 37.2 Å². The van der Waals surface area contributed by atoms with Crippen LogP contribution in [0.4, 0.5) is 0 Å². The van der Waals surface area contributed by atoms with Crippen molar-refractivity contribution in [3.8, 4) is 0 Å².